The molecule has 0 bridgehead atoms. The zero-order chi connectivity index (χ0) is 14.0. The minimum Gasteiger partial charge on any atom is -0.379 e. The van der Waals surface area contributed by atoms with Crippen molar-refractivity contribution in [3.05, 3.63) is 47.3 Å². The van der Waals surface area contributed by atoms with Crippen LogP contribution in [0.2, 0.25) is 0 Å². The molecule has 0 amide bonds. The first-order valence-corrected chi connectivity index (χ1v) is 6.03. The third-order valence-corrected chi connectivity index (χ3v) is 2.98. The Kier molecular flexibility index (Phi) is 3.61. The first kappa shape index (κ1) is 13.6. The lowest BCUT2D eigenvalue weighted by atomic mass is 9.92. The molecule has 2 aromatic rings. The lowest BCUT2D eigenvalue weighted by molar-refractivity contribution is 0.0906. The number of aliphatic hydroxyl groups is 1. The Hall–Kier alpha value is -1.82. The number of rotatable bonds is 4. The van der Waals surface area contributed by atoms with Gasteiger partial charge < -0.3 is 5.11 Å². The fraction of sp³-hybridized carbons (Fsp3) is 0.385. The van der Waals surface area contributed by atoms with Crippen molar-refractivity contribution in [3.63, 3.8) is 0 Å². The molecule has 1 aromatic heterocycles. The van der Waals surface area contributed by atoms with Gasteiger partial charge in [-0.25, -0.2) is 13.5 Å². The average Bonchev–Trinajstić information content (AvgIpc) is 2.77. The van der Waals surface area contributed by atoms with Crippen molar-refractivity contribution in [2.45, 2.75) is 32.4 Å². The summed E-state index contributed by atoms with van der Waals surface area (Å²) in [6.07, 6.45) is 2.21. The molecule has 0 aliphatic heterocycles. The van der Waals surface area contributed by atoms with Gasteiger partial charge in [-0.2, -0.15) is 0 Å². The maximum absolute atomic E-state index is 13.3. The molecular weight excluding hydrogens is 252 g/mol. The van der Waals surface area contributed by atoms with Gasteiger partial charge in [0.2, 0.25) is 0 Å². The van der Waals surface area contributed by atoms with Crippen LogP contribution < -0.4 is 0 Å². The average molecular weight is 267 g/mol. The highest BCUT2D eigenvalue weighted by Gasteiger charge is 2.31. The van der Waals surface area contributed by atoms with Gasteiger partial charge in [-0.15, -0.1) is 5.10 Å². The summed E-state index contributed by atoms with van der Waals surface area (Å²) >= 11 is 0. The van der Waals surface area contributed by atoms with Crippen LogP contribution in [0.5, 0.6) is 0 Å². The maximum atomic E-state index is 13.3. The van der Waals surface area contributed by atoms with Crippen molar-refractivity contribution in [1.82, 2.24) is 15.0 Å². The van der Waals surface area contributed by atoms with E-state index in [1.807, 2.05) is 6.92 Å². The molecule has 102 valence electrons. The van der Waals surface area contributed by atoms with E-state index in [4.69, 9.17) is 0 Å². The maximum Gasteiger partial charge on any atom is 0.130 e. The van der Waals surface area contributed by atoms with E-state index in [2.05, 4.69) is 10.3 Å². The Bertz CT molecular complexity index is 561. The topological polar surface area (TPSA) is 50.9 Å². The van der Waals surface area contributed by atoms with E-state index in [1.165, 1.54) is 17.8 Å². The van der Waals surface area contributed by atoms with E-state index in [1.54, 1.807) is 0 Å². The van der Waals surface area contributed by atoms with Crippen LogP contribution in [0.4, 0.5) is 8.78 Å². The largest absolute Gasteiger partial charge is 0.379 e. The monoisotopic (exact) mass is 267 g/mol. The normalized spacial score (nSPS) is 14.4. The predicted molar refractivity (Wildman–Crippen MR) is 65.3 cm³/mol. The highest BCUT2D eigenvalue weighted by molar-refractivity contribution is 5.31. The number of hydrogen-bond acceptors (Lipinski definition) is 3. The zero-order valence-electron chi connectivity index (χ0n) is 10.8. The van der Waals surface area contributed by atoms with Crippen LogP contribution in [0.1, 0.15) is 31.5 Å². The molecule has 2 rings (SSSR count). The summed E-state index contributed by atoms with van der Waals surface area (Å²) in [5.74, 6) is -1.46. The molecule has 0 aliphatic rings. The van der Waals surface area contributed by atoms with Crippen molar-refractivity contribution in [2.24, 2.45) is 0 Å². The molecule has 1 unspecified atom stereocenters. The number of hydrogen-bond donors (Lipinski definition) is 1. The second kappa shape index (κ2) is 5.05. The molecule has 0 radical (unpaired) electrons. The SMILES string of the molecule is CCCn1nncc1C(C)(O)c1cc(F)cc(F)c1. The summed E-state index contributed by atoms with van der Waals surface area (Å²) in [5.41, 5.74) is -1.02. The molecule has 0 fully saturated rings. The lowest BCUT2D eigenvalue weighted by Gasteiger charge is -2.24. The molecule has 0 spiro atoms. The highest BCUT2D eigenvalue weighted by atomic mass is 19.1. The Balaban J connectivity index is 2.48. The van der Waals surface area contributed by atoms with E-state index < -0.39 is 17.2 Å². The van der Waals surface area contributed by atoms with Crippen molar-refractivity contribution >= 4 is 0 Å². The molecule has 1 atom stereocenters. The number of halogens is 2. The standard InChI is InChI=1S/C13H15F2N3O/c1-3-4-18-12(8-16-17-18)13(2,19)9-5-10(14)7-11(15)6-9/h5-8,19H,3-4H2,1-2H3. The van der Waals surface area contributed by atoms with Crippen LogP contribution in [0.3, 0.4) is 0 Å². The van der Waals surface area contributed by atoms with Gasteiger partial charge in [0.25, 0.3) is 0 Å². The fourth-order valence-corrected chi connectivity index (χ4v) is 1.99. The molecule has 4 nitrogen and oxygen atoms in total. The molecule has 1 heterocycles. The van der Waals surface area contributed by atoms with Crippen LogP contribution in [-0.4, -0.2) is 20.1 Å². The van der Waals surface area contributed by atoms with Crippen LogP contribution >= 0.6 is 0 Å². The van der Waals surface area contributed by atoms with Crippen LogP contribution in [-0.2, 0) is 12.1 Å². The van der Waals surface area contributed by atoms with Gasteiger partial charge in [-0.3, -0.25) is 0 Å². The first-order valence-electron chi connectivity index (χ1n) is 6.03. The highest BCUT2D eigenvalue weighted by Crippen LogP contribution is 2.29. The summed E-state index contributed by atoms with van der Waals surface area (Å²) < 4.78 is 28.0. The molecule has 19 heavy (non-hydrogen) atoms. The smallest absolute Gasteiger partial charge is 0.130 e. The van der Waals surface area contributed by atoms with E-state index in [9.17, 15) is 13.9 Å². The van der Waals surface area contributed by atoms with E-state index >= 15 is 0 Å². The number of aryl methyl sites for hydroxylation is 1. The van der Waals surface area contributed by atoms with Gasteiger partial charge in [-0.1, -0.05) is 12.1 Å². The predicted octanol–water partition coefficient (Wildman–Crippen LogP) is 2.22. The summed E-state index contributed by atoms with van der Waals surface area (Å²) in [7, 11) is 0. The number of nitrogens with zero attached hydrogens (tertiary/aromatic N) is 3. The summed E-state index contributed by atoms with van der Waals surface area (Å²) in [6.45, 7) is 4.00. The third-order valence-electron chi connectivity index (χ3n) is 2.98. The Morgan fingerprint density at radius 3 is 2.47 bits per heavy atom. The zero-order valence-corrected chi connectivity index (χ0v) is 10.8. The van der Waals surface area contributed by atoms with Crippen molar-refractivity contribution < 1.29 is 13.9 Å². The van der Waals surface area contributed by atoms with Gasteiger partial charge in [0.15, 0.2) is 0 Å². The molecular formula is C13H15F2N3O. The summed E-state index contributed by atoms with van der Waals surface area (Å²) in [6, 6.07) is 2.97. The fourth-order valence-electron chi connectivity index (χ4n) is 1.99. The molecule has 0 aliphatic carbocycles. The molecule has 0 saturated heterocycles. The van der Waals surface area contributed by atoms with Crippen LogP contribution in [0.15, 0.2) is 24.4 Å². The quantitative estimate of drug-likeness (QED) is 0.924. The molecule has 0 saturated carbocycles. The Morgan fingerprint density at radius 2 is 1.89 bits per heavy atom. The Labute approximate surface area is 109 Å². The summed E-state index contributed by atoms with van der Waals surface area (Å²) in [4.78, 5) is 0. The van der Waals surface area contributed by atoms with Gasteiger partial charge in [0.1, 0.15) is 17.2 Å². The molecule has 1 aromatic carbocycles. The van der Waals surface area contributed by atoms with Crippen LogP contribution in [0, 0.1) is 11.6 Å². The van der Waals surface area contributed by atoms with Crippen LogP contribution in [0.25, 0.3) is 0 Å². The van der Waals surface area contributed by atoms with Gasteiger partial charge in [0.05, 0.1) is 11.9 Å². The molecule has 6 heteroatoms. The minimum absolute atomic E-state index is 0.129. The van der Waals surface area contributed by atoms with Gasteiger partial charge in [-0.05, 0) is 31.0 Å². The van der Waals surface area contributed by atoms with E-state index in [0.717, 1.165) is 24.6 Å². The van der Waals surface area contributed by atoms with Crippen molar-refractivity contribution in [2.75, 3.05) is 0 Å². The van der Waals surface area contributed by atoms with Gasteiger partial charge >= 0.3 is 0 Å². The second-order valence-electron chi connectivity index (χ2n) is 4.57. The second-order valence-corrected chi connectivity index (χ2v) is 4.57. The minimum atomic E-state index is -1.55. The Morgan fingerprint density at radius 1 is 1.26 bits per heavy atom. The number of benzene rings is 1. The first-order chi connectivity index (χ1) is 8.95. The van der Waals surface area contributed by atoms with Crippen molar-refractivity contribution in [3.8, 4) is 0 Å². The third kappa shape index (κ3) is 2.63. The summed E-state index contributed by atoms with van der Waals surface area (Å²) in [5, 5.41) is 18.2. The van der Waals surface area contributed by atoms with E-state index in [-0.39, 0.29) is 5.56 Å². The van der Waals surface area contributed by atoms with E-state index in [0.29, 0.717) is 12.2 Å². The van der Waals surface area contributed by atoms with Crippen molar-refractivity contribution in [1.29, 1.82) is 0 Å². The molecule has 1 N–H and O–H groups in total. The number of aromatic nitrogens is 3. The van der Waals surface area contributed by atoms with Gasteiger partial charge in [0, 0.05) is 12.6 Å². The lowest BCUT2D eigenvalue weighted by Crippen LogP contribution is -2.27.